The summed E-state index contributed by atoms with van der Waals surface area (Å²) >= 11 is 0. The van der Waals surface area contributed by atoms with E-state index in [2.05, 4.69) is 24.1 Å². The Morgan fingerprint density at radius 3 is 2.76 bits per heavy atom. The van der Waals surface area contributed by atoms with E-state index in [0.29, 0.717) is 6.54 Å². The second-order valence-corrected chi connectivity index (χ2v) is 6.88. The average molecular weight is 296 g/mol. The van der Waals surface area contributed by atoms with Crippen LogP contribution >= 0.6 is 0 Å². The lowest BCUT2D eigenvalue weighted by Gasteiger charge is -2.36. The molecular formula is C17H32N2O2. The zero-order chi connectivity index (χ0) is 15.9. The molecule has 0 saturated carbocycles. The zero-order valence-electron chi connectivity index (χ0n) is 14.1. The van der Waals surface area contributed by atoms with Gasteiger partial charge in [-0.2, -0.15) is 0 Å². The van der Waals surface area contributed by atoms with Crippen molar-refractivity contribution in [2.75, 3.05) is 20.2 Å². The molecule has 0 radical (unpaired) electrons. The molecule has 1 amide bonds. The summed E-state index contributed by atoms with van der Waals surface area (Å²) in [5, 5.41) is 6.33. The number of carbonyl (C=O) groups excluding carboxylic acids is 1. The van der Waals surface area contributed by atoms with E-state index < -0.39 is 5.41 Å². The number of carbonyl (C=O) groups is 1. The van der Waals surface area contributed by atoms with Crippen LogP contribution in [0, 0.1) is 5.41 Å². The summed E-state index contributed by atoms with van der Waals surface area (Å²) in [5.74, 6) is 0.0670. The number of hydrogen-bond acceptors (Lipinski definition) is 3. The molecule has 1 saturated heterocycles. The molecule has 4 heteroatoms. The maximum absolute atomic E-state index is 11.9. The topological polar surface area (TPSA) is 50.4 Å². The van der Waals surface area contributed by atoms with E-state index in [1.165, 1.54) is 0 Å². The third-order valence-electron chi connectivity index (χ3n) is 4.52. The fourth-order valence-corrected chi connectivity index (χ4v) is 2.96. The first-order valence-electron chi connectivity index (χ1n) is 8.06. The summed E-state index contributed by atoms with van der Waals surface area (Å²) in [6.07, 6.45) is 7.33. The molecule has 0 aromatic rings. The minimum Gasteiger partial charge on any atom is -0.374 e. The van der Waals surface area contributed by atoms with Crippen molar-refractivity contribution in [2.24, 2.45) is 5.41 Å². The fraction of sp³-hybridized carbons (Fsp3) is 0.824. The molecule has 1 aliphatic rings. The fourth-order valence-electron chi connectivity index (χ4n) is 2.96. The van der Waals surface area contributed by atoms with E-state index in [4.69, 9.17) is 4.74 Å². The number of nitrogens with one attached hydrogen (secondary N) is 2. The van der Waals surface area contributed by atoms with Gasteiger partial charge in [-0.3, -0.25) is 4.79 Å². The highest BCUT2D eigenvalue weighted by Crippen LogP contribution is 2.31. The molecule has 0 bridgehead atoms. The summed E-state index contributed by atoms with van der Waals surface area (Å²) in [4.78, 5) is 11.9. The molecule has 4 nitrogen and oxygen atoms in total. The highest BCUT2D eigenvalue weighted by atomic mass is 16.5. The summed E-state index contributed by atoms with van der Waals surface area (Å²) in [6.45, 7) is 11.4. The second-order valence-electron chi connectivity index (χ2n) is 6.88. The Balaban J connectivity index is 2.64. The molecule has 1 aliphatic heterocycles. The first-order valence-corrected chi connectivity index (χ1v) is 8.06. The van der Waals surface area contributed by atoms with Gasteiger partial charge in [0, 0.05) is 26.2 Å². The van der Waals surface area contributed by atoms with Crippen molar-refractivity contribution in [2.45, 2.75) is 64.5 Å². The Morgan fingerprint density at radius 2 is 2.24 bits per heavy atom. The van der Waals surface area contributed by atoms with Crippen molar-refractivity contribution in [3.05, 3.63) is 12.7 Å². The van der Waals surface area contributed by atoms with Crippen molar-refractivity contribution in [1.29, 1.82) is 0 Å². The van der Waals surface area contributed by atoms with Gasteiger partial charge in [-0.25, -0.2) is 0 Å². The van der Waals surface area contributed by atoms with Crippen molar-refractivity contribution in [1.82, 2.24) is 10.6 Å². The molecule has 0 aromatic heterocycles. The van der Waals surface area contributed by atoms with Crippen molar-refractivity contribution < 1.29 is 9.53 Å². The molecule has 0 aliphatic carbocycles. The van der Waals surface area contributed by atoms with Gasteiger partial charge in [0.2, 0.25) is 5.91 Å². The van der Waals surface area contributed by atoms with Gasteiger partial charge >= 0.3 is 0 Å². The normalized spacial score (nSPS) is 23.8. The summed E-state index contributed by atoms with van der Waals surface area (Å²) in [6, 6.07) is 0.281. The van der Waals surface area contributed by atoms with Gasteiger partial charge in [0.15, 0.2) is 0 Å². The first-order chi connectivity index (χ1) is 9.85. The third kappa shape index (κ3) is 5.11. The molecular weight excluding hydrogens is 264 g/mol. The lowest BCUT2D eigenvalue weighted by Crippen LogP contribution is -2.53. The van der Waals surface area contributed by atoms with Crippen LogP contribution in [-0.2, 0) is 9.53 Å². The Hall–Kier alpha value is -0.870. The van der Waals surface area contributed by atoms with Crippen LogP contribution in [0.4, 0.5) is 0 Å². The molecule has 2 unspecified atom stereocenters. The van der Waals surface area contributed by atoms with Crippen LogP contribution in [0.5, 0.6) is 0 Å². The molecule has 1 fully saturated rings. The predicted molar refractivity (Wildman–Crippen MR) is 87.3 cm³/mol. The lowest BCUT2D eigenvalue weighted by molar-refractivity contribution is -0.129. The van der Waals surface area contributed by atoms with Crippen molar-refractivity contribution in [3.8, 4) is 0 Å². The highest BCUT2D eigenvalue weighted by Gasteiger charge is 2.39. The van der Waals surface area contributed by atoms with Crippen molar-refractivity contribution in [3.63, 3.8) is 0 Å². The largest absolute Gasteiger partial charge is 0.374 e. The molecule has 2 atom stereocenters. The molecule has 122 valence electrons. The van der Waals surface area contributed by atoms with Crippen LogP contribution < -0.4 is 10.6 Å². The van der Waals surface area contributed by atoms with Crippen LogP contribution in [0.25, 0.3) is 0 Å². The lowest BCUT2D eigenvalue weighted by atomic mass is 9.86. The molecule has 0 aromatic carbocycles. The standard InChI is InChI=1S/C17H32N2O2/c1-6-7-8-10-14(17(4)11-9-12-21-17)19-13-16(2,3)15(20)18-5/h6,14,19H,1,7-13H2,2-5H3,(H,18,20). The minimum absolute atomic E-state index is 0.0670. The minimum atomic E-state index is -0.416. The Kier molecular flexibility index (Phi) is 6.88. The van der Waals surface area contributed by atoms with E-state index >= 15 is 0 Å². The third-order valence-corrected chi connectivity index (χ3v) is 4.52. The average Bonchev–Trinajstić information content (AvgIpc) is 2.89. The van der Waals surface area contributed by atoms with Gasteiger partial charge in [-0.05, 0) is 52.9 Å². The Labute approximate surface area is 129 Å². The number of ether oxygens (including phenoxy) is 1. The Morgan fingerprint density at radius 1 is 1.52 bits per heavy atom. The Bertz CT molecular complexity index is 347. The van der Waals surface area contributed by atoms with Gasteiger partial charge in [-0.1, -0.05) is 6.08 Å². The second kappa shape index (κ2) is 7.95. The van der Waals surface area contributed by atoms with E-state index in [9.17, 15) is 4.79 Å². The number of unbranched alkanes of at least 4 members (excludes halogenated alkanes) is 1. The number of allylic oxidation sites excluding steroid dienone is 1. The summed E-state index contributed by atoms with van der Waals surface area (Å²) < 4.78 is 6.00. The summed E-state index contributed by atoms with van der Waals surface area (Å²) in [7, 11) is 1.69. The van der Waals surface area contributed by atoms with E-state index in [1.54, 1.807) is 7.05 Å². The number of amides is 1. The number of hydrogen-bond donors (Lipinski definition) is 2. The van der Waals surface area contributed by atoms with Crippen LogP contribution in [0.1, 0.15) is 52.9 Å². The molecule has 1 heterocycles. The van der Waals surface area contributed by atoms with E-state index in [-0.39, 0.29) is 17.6 Å². The maximum Gasteiger partial charge on any atom is 0.226 e. The van der Waals surface area contributed by atoms with Crippen LogP contribution in [0.3, 0.4) is 0 Å². The maximum atomic E-state index is 11.9. The van der Waals surface area contributed by atoms with Gasteiger partial charge < -0.3 is 15.4 Å². The first kappa shape index (κ1) is 18.2. The van der Waals surface area contributed by atoms with Crippen LogP contribution in [0.15, 0.2) is 12.7 Å². The predicted octanol–water partition coefficient (Wildman–Crippen LogP) is 2.64. The SMILES string of the molecule is C=CCCCC(NCC(C)(C)C(=O)NC)C1(C)CCCO1. The van der Waals surface area contributed by atoms with Crippen LogP contribution in [0.2, 0.25) is 0 Å². The van der Waals surface area contributed by atoms with Crippen LogP contribution in [-0.4, -0.2) is 37.7 Å². The number of rotatable bonds is 9. The molecule has 2 N–H and O–H groups in total. The molecule has 1 rings (SSSR count). The summed E-state index contributed by atoms with van der Waals surface area (Å²) in [5.41, 5.74) is -0.527. The van der Waals surface area contributed by atoms with Gasteiger partial charge in [0.25, 0.3) is 0 Å². The van der Waals surface area contributed by atoms with Gasteiger partial charge in [0.05, 0.1) is 11.0 Å². The van der Waals surface area contributed by atoms with Crippen molar-refractivity contribution >= 4 is 5.91 Å². The van der Waals surface area contributed by atoms with Gasteiger partial charge in [0.1, 0.15) is 0 Å². The highest BCUT2D eigenvalue weighted by molar-refractivity contribution is 5.81. The zero-order valence-corrected chi connectivity index (χ0v) is 14.1. The monoisotopic (exact) mass is 296 g/mol. The molecule has 0 spiro atoms. The van der Waals surface area contributed by atoms with Gasteiger partial charge in [-0.15, -0.1) is 6.58 Å². The quantitative estimate of drug-likeness (QED) is 0.508. The molecule has 21 heavy (non-hydrogen) atoms. The van der Waals surface area contributed by atoms with E-state index in [0.717, 1.165) is 38.7 Å². The van der Waals surface area contributed by atoms with E-state index in [1.807, 2.05) is 19.9 Å². The smallest absolute Gasteiger partial charge is 0.226 e.